The third kappa shape index (κ3) is 6.43. The lowest BCUT2D eigenvalue weighted by atomic mass is 9.97. The second-order valence-electron chi connectivity index (χ2n) is 9.33. The quantitative estimate of drug-likeness (QED) is 0.220. The first-order valence-corrected chi connectivity index (χ1v) is 12.3. The van der Waals surface area contributed by atoms with Crippen LogP contribution in [0, 0.1) is 19.3 Å². The van der Waals surface area contributed by atoms with E-state index in [1.807, 2.05) is 61.5 Å². The summed E-state index contributed by atoms with van der Waals surface area (Å²) in [5.41, 5.74) is 12.2. The second kappa shape index (κ2) is 11.5. The lowest BCUT2D eigenvalue weighted by Crippen LogP contribution is -2.16. The third-order valence-electron chi connectivity index (χ3n) is 6.19. The molecule has 4 rings (SSSR count). The number of unbranched alkanes of at least 4 members (excludes halogenated alkanes) is 1. The molecular weight excluding hydrogens is 460 g/mol. The number of terminal acetylenes is 1. The van der Waals surface area contributed by atoms with Gasteiger partial charge in [0.05, 0.1) is 16.9 Å². The molecular formula is C30H32N6O. The molecule has 0 atom stereocenters. The molecule has 188 valence electrons. The number of aromatic nitrogens is 2. The average molecular weight is 493 g/mol. The van der Waals surface area contributed by atoms with Crippen molar-refractivity contribution in [3.63, 3.8) is 0 Å². The van der Waals surface area contributed by atoms with Crippen molar-refractivity contribution in [2.24, 2.45) is 0 Å². The van der Waals surface area contributed by atoms with Crippen LogP contribution in [0.3, 0.4) is 0 Å². The van der Waals surface area contributed by atoms with Gasteiger partial charge in [0.15, 0.2) is 0 Å². The lowest BCUT2D eigenvalue weighted by Gasteiger charge is -2.15. The van der Waals surface area contributed by atoms with Gasteiger partial charge in [-0.05, 0) is 99.6 Å². The summed E-state index contributed by atoms with van der Waals surface area (Å²) in [4.78, 5) is 23.9. The first-order valence-electron chi connectivity index (χ1n) is 12.3. The number of fused-ring (bicyclic) bond motifs is 1. The number of amides is 1. The highest BCUT2D eigenvalue weighted by Gasteiger charge is 2.13. The number of rotatable bonds is 9. The highest BCUT2D eigenvalue weighted by atomic mass is 16.1. The van der Waals surface area contributed by atoms with E-state index < -0.39 is 0 Å². The zero-order valence-corrected chi connectivity index (χ0v) is 21.5. The van der Waals surface area contributed by atoms with Crippen molar-refractivity contribution >= 4 is 34.1 Å². The van der Waals surface area contributed by atoms with Crippen LogP contribution >= 0.6 is 0 Å². The number of benzene rings is 3. The molecule has 0 spiro atoms. The second-order valence-corrected chi connectivity index (χ2v) is 9.33. The van der Waals surface area contributed by atoms with Gasteiger partial charge in [-0.2, -0.15) is 0 Å². The summed E-state index contributed by atoms with van der Waals surface area (Å²) in [6.45, 7) is 3.86. The molecule has 0 bridgehead atoms. The van der Waals surface area contributed by atoms with Crippen molar-refractivity contribution in [2.45, 2.75) is 19.8 Å². The Balaban J connectivity index is 1.56. The summed E-state index contributed by atoms with van der Waals surface area (Å²) in [6.07, 6.45) is 9.44. The lowest BCUT2D eigenvalue weighted by molar-refractivity contribution is 0.102. The molecule has 0 saturated carbocycles. The molecule has 0 radical (unpaired) electrons. The van der Waals surface area contributed by atoms with Crippen LogP contribution in [0.1, 0.15) is 34.3 Å². The minimum atomic E-state index is -0.206. The molecule has 4 N–H and O–H groups in total. The first-order chi connectivity index (χ1) is 17.8. The molecule has 0 saturated heterocycles. The molecule has 1 aromatic heterocycles. The maximum absolute atomic E-state index is 13.3. The SMILES string of the molecule is C#Cc1ccc(NCCCCN(C)C)c(NC(=O)c2ccc(C)c(-c3ccc4nc(N)ncc4c3)c2)c1. The Labute approximate surface area is 218 Å². The van der Waals surface area contributed by atoms with E-state index in [2.05, 4.69) is 45.5 Å². The van der Waals surface area contributed by atoms with E-state index in [9.17, 15) is 4.79 Å². The highest BCUT2D eigenvalue weighted by molar-refractivity contribution is 6.07. The van der Waals surface area contributed by atoms with Gasteiger partial charge < -0.3 is 21.3 Å². The molecule has 0 unspecified atom stereocenters. The van der Waals surface area contributed by atoms with Gasteiger partial charge in [0.2, 0.25) is 5.95 Å². The Morgan fingerprint density at radius 2 is 1.89 bits per heavy atom. The molecule has 0 aliphatic rings. The van der Waals surface area contributed by atoms with Crippen molar-refractivity contribution in [3.8, 4) is 23.5 Å². The van der Waals surface area contributed by atoms with Crippen LogP contribution in [0.25, 0.3) is 22.0 Å². The maximum Gasteiger partial charge on any atom is 0.255 e. The van der Waals surface area contributed by atoms with Gasteiger partial charge in [-0.25, -0.2) is 9.97 Å². The van der Waals surface area contributed by atoms with Gasteiger partial charge in [-0.1, -0.05) is 18.1 Å². The summed E-state index contributed by atoms with van der Waals surface area (Å²) in [6, 6.07) is 17.2. The predicted molar refractivity (Wildman–Crippen MR) is 153 cm³/mol. The zero-order valence-electron chi connectivity index (χ0n) is 21.5. The molecule has 1 heterocycles. The van der Waals surface area contributed by atoms with E-state index >= 15 is 0 Å². The van der Waals surface area contributed by atoms with E-state index in [1.165, 1.54) is 0 Å². The number of hydrogen-bond acceptors (Lipinski definition) is 6. The highest BCUT2D eigenvalue weighted by Crippen LogP contribution is 2.29. The van der Waals surface area contributed by atoms with Crippen molar-refractivity contribution in [2.75, 3.05) is 43.6 Å². The molecule has 0 fully saturated rings. The molecule has 0 aliphatic heterocycles. The summed E-state index contributed by atoms with van der Waals surface area (Å²) in [5, 5.41) is 7.38. The predicted octanol–water partition coefficient (Wildman–Crippen LogP) is 5.17. The Morgan fingerprint density at radius 1 is 1.05 bits per heavy atom. The number of carbonyl (C=O) groups is 1. The van der Waals surface area contributed by atoms with Crippen molar-refractivity contribution in [3.05, 3.63) is 77.5 Å². The van der Waals surface area contributed by atoms with Crippen LogP contribution in [-0.2, 0) is 0 Å². The monoisotopic (exact) mass is 492 g/mol. The van der Waals surface area contributed by atoms with Gasteiger partial charge in [-0.15, -0.1) is 6.42 Å². The smallest absolute Gasteiger partial charge is 0.255 e. The fourth-order valence-electron chi connectivity index (χ4n) is 4.15. The summed E-state index contributed by atoms with van der Waals surface area (Å²) >= 11 is 0. The molecule has 7 nitrogen and oxygen atoms in total. The topological polar surface area (TPSA) is 96.2 Å². The Hall–Kier alpha value is -4.41. The number of anilines is 3. The van der Waals surface area contributed by atoms with Gasteiger partial charge >= 0.3 is 0 Å². The van der Waals surface area contributed by atoms with Gasteiger partial charge in [0.1, 0.15) is 0 Å². The molecule has 4 aromatic rings. The third-order valence-corrected chi connectivity index (χ3v) is 6.19. The molecule has 0 aliphatic carbocycles. The maximum atomic E-state index is 13.3. The van der Waals surface area contributed by atoms with E-state index in [4.69, 9.17) is 12.2 Å². The van der Waals surface area contributed by atoms with Crippen molar-refractivity contribution in [1.82, 2.24) is 14.9 Å². The Kier molecular flexibility index (Phi) is 8.02. The number of nitrogens with two attached hydrogens (primary N) is 1. The Morgan fingerprint density at radius 3 is 2.68 bits per heavy atom. The van der Waals surface area contributed by atoms with Crippen LogP contribution < -0.4 is 16.4 Å². The first kappa shape index (κ1) is 25.7. The fourth-order valence-corrected chi connectivity index (χ4v) is 4.15. The average Bonchev–Trinajstić information content (AvgIpc) is 2.89. The van der Waals surface area contributed by atoms with Crippen LogP contribution in [0.4, 0.5) is 17.3 Å². The van der Waals surface area contributed by atoms with Crippen molar-refractivity contribution in [1.29, 1.82) is 0 Å². The van der Waals surface area contributed by atoms with Crippen LogP contribution in [0.15, 0.2) is 60.8 Å². The number of nitrogens with one attached hydrogen (secondary N) is 2. The summed E-state index contributed by atoms with van der Waals surface area (Å²) < 4.78 is 0. The zero-order chi connectivity index (χ0) is 26.4. The minimum Gasteiger partial charge on any atom is -0.383 e. The number of nitrogen functional groups attached to an aromatic ring is 1. The summed E-state index contributed by atoms with van der Waals surface area (Å²) in [5.74, 6) is 2.69. The largest absolute Gasteiger partial charge is 0.383 e. The van der Waals surface area contributed by atoms with E-state index in [-0.39, 0.29) is 11.9 Å². The van der Waals surface area contributed by atoms with Gasteiger partial charge in [-0.3, -0.25) is 4.79 Å². The number of carbonyl (C=O) groups excluding carboxylic acids is 1. The van der Waals surface area contributed by atoms with Crippen LogP contribution in [0.2, 0.25) is 0 Å². The molecule has 3 aromatic carbocycles. The number of hydrogen-bond donors (Lipinski definition) is 3. The normalized spacial score (nSPS) is 10.9. The Bertz CT molecular complexity index is 1470. The minimum absolute atomic E-state index is 0.206. The molecule has 37 heavy (non-hydrogen) atoms. The number of nitrogens with zero attached hydrogens (tertiary/aromatic N) is 3. The molecule has 1 amide bonds. The van der Waals surface area contributed by atoms with Crippen LogP contribution in [0.5, 0.6) is 0 Å². The van der Waals surface area contributed by atoms with E-state index in [1.54, 1.807) is 6.20 Å². The van der Waals surface area contributed by atoms with Gasteiger partial charge in [0, 0.05) is 29.3 Å². The standard InChI is InChI=1S/C30H32N6O/c1-5-21-9-12-27(32-14-6-7-15-36(3)4)28(16-21)34-29(37)23-10-8-20(2)25(18-23)22-11-13-26-24(17-22)19-33-30(31)35-26/h1,8-13,16-19,32H,6-7,14-15H2,2-4H3,(H,34,37)(H2,31,33,35). The van der Waals surface area contributed by atoms with Crippen molar-refractivity contribution < 1.29 is 4.79 Å². The summed E-state index contributed by atoms with van der Waals surface area (Å²) in [7, 11) is 4.14. The van der Waals surface area contributed by atoms with Gasteiger partial charge in [0.25, 0.3) is 5.91 Å². The fraction of sp³-hybridized carbons (Fsp3) is 0.233. The van der Waals surface area contributed by atoms with E-state index in [0.717, 1.165) is 59.2 Å². The number of aryl methyl sites for hydroxylation is 1. The molecule has 7 heteroatoms. The van der Waals surface area contributed by atoms with Crippen LogP contribution in [-0.4, -0.2) is 48.0 Å². The van der Waals surface area contributed by atoms with E-state index in [0.29, 0.717) is 16.8 Å².